The third-order valence-corrected chi connectivity index (χ3v) is 5.01. The van der Waals surface area contributed by atoms with Gasteiger partial charge in [-0.25, -0.2) is 0 Å². The van der Waals surface area contributed by atoms with Crippen LogP contribution in [0.1, 0.15) is 67.2 Å². The van der Waals surface area contributed by atoms with Crippen LogP contribution in [0.25, 0.3) is 0 Å². The molecule has 3 atom stereocenters. The molecule has 0 radical (unpaired) electrons. The SMILES string of the molecule is CC(C)(C)C(=O)[C@@H]1[C@H]2CCCC[C@H]2CN1C(C)(C)C. The molecule has 2 aliphatic rings. The second-order valence-electron chi connectivity index (χ2n) is 8.59. The molecule has 0 spiro atoms. The molecule has 0 unspecified atom stereocenters. The standard InChI is InChI=1S/C17H31NO/c1-16(2,3)15(19)14-13-10-8-7-9-12(13)11-18(14)17(4,5)6/h12-14H,7-11H2,1-6H3/t12-,13-,14-/m0/s1. The van der Waals surface area contributed by atoms with Gasteiger partial charge in [-0.05, 0) is 45.4 Å². The van der Waals surface area contributed by atoms with Crippen molar-refractivity contribution >= 4 is 5.78 Å². The van der Waals surface area contributed by atoms with Crippen molar-refractivity contribution in [2.45, 2.75) is 78.8 Å². The lowest BCUT2D eigenvalue weighted by Gasteiger charge is -2.40. The molecule has 1 aliphatic carbocycles. The maximum absolute atomic E-state index is 12.9. The maximum atomic E-state index is 12.9. The van der Waals surface area contributed by atoms with Gasteiger partial charge >= 0.3 is 0 Å². The Morgan fingerprint density at radius 2 is 1.58 bits per heavy atom. The lowest BCUT2D eigenvalue weighted by Crippen LogP contribution is -2.52. The molecule has 0 aromatic rings. The van der Waals surface area contributed by atoms with Gasteiger partial charge in [-0.15, -0.1) is 0 Å². The first-order valence-corrected chi connectivity index (χ1v) is 7.93. The first-order valence-electron chi connectivity index (χ1n) is 7.93. The number of ketones is 1. The number of fused-ring (bicyclic) bond motifs is 1. The van der Waals surface area contributed by atoms with Crippen LogP contribution in [0.3, 0.4) is 0 Å². The fourth-order valence-corrected chi connectivity index (χ4v) is 3.95. The maximum Gasteiger partial charge on any atom is 0.155 e. The van der Waals surface area contributed by atoms with Crippen molar-refractivity contribution in [2.24, 2.45) is 17.3 Å². The van der Waals surface area contributed by atoms with Gasteiger partial charge in [0.2, 0.25) is 0 Å². The zero-order valence-corrected chi connectivity index (χ0v) is 13.6. The molecule has 2 nitrogen and oxygen atoms in total. The van der Waals surface area contributed by atoms with Gasteiger partial charge in [-0.3, -0.25) is 9.69 Å². The van der Waals surface area contributed by atoms with Gasteiger partial charge in [0.25, 0.3) is 0 Å². The van der Waals surface area contributed by atoms with Gasteiger partial charge in [0.1, 0.15) is 0 Å². The molecule has 0 bridgehead atoms. The van der Waals surface area contributed by atoms with E-state index in [-0.39, 0.29) is 17.0 Å². The summed E-state index contributed by atoms with van der Waals surface area (Å²) in [6.07, 6.45) is 5.25. The van der Waals surface area contributed by atoms with E-state index in [0.29, 0.717) is 11.7 Å². The average molecular weight is 265 g/mol. The second-order valence-corrected chi connectivity index (χ2v) is 8.59. The van der Waals surface area contributed by atoms with Gasteiger partial charge < -0.3 is 0 Å². The van der Waals surface area contributed by atoms with Crippen molar-refractivity contribution in [1.82, 2.24) is 4.90 Å². The van der Waals surface area contributed by atoms with E-state index >= 15 is 0 Å². The quantitative estimate of drug-likeness (QED) is 0.717. The van der Waals surface area contributed by atoms with Crippen LogP contribution in [-0.4, -0.2) is 28.8 Å². The highest BCUT2D eigenvalue weighted by atomic mass is 16.1. The Morgan fingerprint density at radius 3 is 2.11 bits per heavy atom. The van der Waals surface area contributed by atoms with Crippen molar-refractivity contribution in [1.29, 1.82) is 0 Å². The van der Waals surface area contributed by atoms with E-state index in [1.807, 2.05) is 0 Å². The minimum atomic E-state index is -0.222. The Kier molecular flexibility index (Phi) is 3.85. The van der Waals surface area contributed by atoms with Crippen molar-refractivity contribution < 1.29 is 4.79 Å². The monoisotopic (exact) mass is 265 g/mol. The van der Waals surface area contributed by atoms with Gasteiger partial charge in [0, 0.05) is 17.5 Å². The van der Waals surface area contributed by atoms with Gasteiger partial charge in [0.15, 0.2) is 5.78 Å². The number of nitrogens with zero attached hydrogens (tertiary/aromatic N) is 1. The normalized spacial score (nSPS) is 33.3. The smallest absolute Gasteiger partial charge is 0.155 e. The van der Waals surface area contributed by atoms with Crippen LogP contribution in [-0.2, 0) is 4.79 Å². The fourth-order valence-electron chi connectivity index (χ4n) is 3.95. The summed E-state index contributed by atoms with van der Waals surface area (Å²) in [6.45, 7) is 14.1. The summed E-state index contributed by atoms with van der Waals surface area (Å²) < 4.78 is 0. The van der Waals surface area contributed by atoms with E-state index in [0.717, 1.165) is 12.5 Å². The minimum absolute atomic E-state index is 0.100. The highest BCUT2D eigenvalue weighted by Gasteiger charge is 2.51. The van der Waals surface area contributed by atoms with Crippen molar-refractivity contribution in [3.63, 3.8) is 0 Å². The molecule has 1 saturated carbocycles. The number of Topliss-reactive ketones (excluding diaryl/α,β-unsaturated/α-hetero) is 1. The first kappa shape index (κ1) is 15.0. The molecule has 2 rings (SSSR count). The summed E-state index contributed by atoms with van der Waals surface area (Å²) in [7, 11) is 0. The summed E-state index contributed by atoms with van der Waals surface area (Å²) >= 11 is 0. The Balaban J connectivity index is 2.31. The molecule has 1 heterocycles. The van der Waals surface area contributed by atoms with E-state index < -0.39 is 0 Å². The summed E-state index contributed by atoms with van der Waals surface area (Å²) in [4.78, 5) is 15.4. The average Bonchev–Trinajstić information content (AvgIpc) is 2.65. The molecule has 2 fully saturated rings. The third kappa shape index (κ3) is 2.89. The van der Waals surface area contributed by atoms with Crippen molar-refractivity contribution in [3.05, 3.63) is 0 Å². The molecular formula is C17H31NO. The van der Waals surface area contributed by atoms with Crippen molar-refractivity contribution in [2.75, 3.05) is 6.54 Å². The zero-order chi connectivity index (χ0) is 14.4. The number of carbonyl (C=O) groups excluding carboxylic acids is 1. The number of hydrogen-bond acceptors (Lipinski definition) is 2. The topological polar surface area (TPSA) is 20.3 Å². The number of likely N-dealkylation sites (tertiary alicyclic amines) is 1. The van der Waals surface area contributed by atoms with Gasteiger partial charge in [0.05, 0.1) is 6.04 Å². The van der Waals surface area contributed by atoms with Crippen LogP contribution >= 0.6 is 0 Å². The number of rotatable bonds is 1. The molecular weight excluding hydrogens is 234 g/mol. The first-order chi connectivity index (χ1) is 8.62. The highest BCUT2D eigenvalue weighted by Crippen LogP contribution is 2.45. The summed E-state index contributed by atoms with van der Waals surface area (Å²) in [5.74, 6) is 1.82. The molecule has 0 amide bonds. The number of hydrogen-bond donors (Lipinski definition) is 0. The molecule has 19 heavy (non-hydrogen) atoms. The number of carbonyl (C=O) groups is 1. The predicted molar refractivity (Wildman–Crippen MR) is 80.2 cm³/mol. The Bertz CT molecular complexity index is 347. The summed E-state index contributed by atoms with van der Waals surface area (Å²) in [5.41, 5.74) is -0.122. The van der Waals surface area contributed by atoms with Gasteiger partial charge in [-0.2, -0.15) is 0 Å². The van der Waals surface area contributed by atoms with Crippen molar-refractivity contribution in [3.8, 4) is 0 Å². The Labute approximate surface area is 118 Å². The lowest BCUT2D eigenvalue weighted by molar-refractivity contribution is -0.134. The zero-order valence-electron chi connectivity index (χ0n) is 13.6. The third-order valence-electron chi connectivity index (χ3n) is 5.01. The lowest BCUT2D eigenvalue weighted by atomic mass is 9.73. The second kappa shape index (κ2) is 4.87. The van der Waals surface area contributed by atoms with Crippen LogP contribution in [0.5, 0.6) is 0 Å². The van der Waals surface area contributed by atoms with E-state index in [2.05, 4.69) is 46.4 Å². The van der Waals surface area contributed by atoms with E-state index in [4.69, 9.17) is 0 Å². The molecule has 2 heteroatoms. The summed E-state index contributed by atoms with van der Waals surface area (Å²) in [5, 5.41) is 0. The molecule has 0 aromatic carbocycles. The minimum Gasteiger partial charge on any atom is -0.297 e. The van der Waals surface area contributed by atoms with Crippen LogP contribution < -0.4 is 0 Å². The van der Waals surface area contributed by atoms with E-state index in [1.54, 1.807) is 0 Å². The van der Waals surface area contributed by atoms with Crippen LogP contribution in [0.4, 0.5) is 0 Å². The predicted octanol–water partition coefficient (Wildman–Crippen LogP) is 3.89. The Hall–Kier alpha value is -0.370. The van der Waals surface area contributed by atoms with E-state index in [9.17, 15) is 4.79 Å². The summed E-state index contributed by atoms with van der Waals surface area (Å²) in [6, 6.07) is 0.158. The molecule has 1 saturated heterocycles. The van der Waals surface area contributed by atoms with E-state index in [1.165, 1.54) is 25.7 Å². The van der Waals surface area contributed by atoms with Gasteiger partial charge in [-0.1, -0.05) is 33.6 Å². The van der Waals surface area contributed by atoms with Crippen LogP contribution in [0.2, 0.25) is 0 Å². The fraction of sp³-hybridized carbons (Fsp3) is 0.941. The molecule has 1 aliphatic heterocycles. The van der Waals surface area contributed by atoms with Crippen LogP contribution in [0, 0.1) is 17.3 Å². The highest BCUT2D eigenvalue weighted by molar-refractivity contribution is 5.89. The van der Waals surface area contributed by atoms with Crippen LogP contribution in [0.15, 0.2) is 0 Å². The molecule has 0 aromatic heterocycles. The molecule has 110 valence electrons. The Morgan fingerprint density at radius 1 is 1.00 bits per heavy atom. The molecule has 0 N–H and O–H groups in total. The largest absolute Gasteiger partial charge is 0.297 e.